The Morgan fingerprint density at radius 3 is 2.61 bits per heavy atom. The molecule has 0 aliphatic heterocycles. The monoisotopic (exact) mass is 237 g/mol. The average molecular weight is 237 g/mol. The summed E-state index contributed by atoms with van der Waals surface area (Å²) < 4.78 is 1.34. The van der Waals surface area contributed by atoms with Crippen LogP contribution < -0.4 is 5.73 Å². The Bertz CT molecular complexity index is 716. The van der Waals surface area contributed by atoms with Crippen LogP contribution in [0.5, 0.6) is 0 Å². The van der Waals surface area contributed by atoms with Crippen molar-refractivity contribution in [1.29, 1.82) is 0 Å². The van der Waals surface area contributed by atoms with E-state index in [0.717, 1.165) is 16.5 Å². The molecule has 2 aromatic heterocycles. The van der Waals surface area contributed by atoms with E-state index in [1.807, 2.05) is 42.5 Å². The lowest BCUT2D eigenvalue weighted by Crippen LogP contribution is -2.18. The zero-order chi connectivity index (χ0) is 12.5. The van der Waals surface area contributed by atoms with Crippen molar-refractivity contribution in [3.8, 4) is 11.1 Å². The minimum Gasteiger partial charge on any atom is -0.351 e. The molecule has 4 heteroatoms. The van der Waals surface area contributed by atoms with Crippen LogP contribution in [0.1, 0.15) is 0 Å². The molecule has 18 heavy (non-hydrogen) atoms. The summed E-state index contributed by atoms with van der Waals surface area (Å²) in [6.07, 6.45) is 3.38. The van der Waals surface area contributed by atoms with Gasteiger partial charge >= 0.3 is 6.03 Å². The molecule has 0 fully saturated rings. The van der Waals surface area contributed by atoms with E-state index in [9.17, 15) is 4.79 Å². The summed E-state index contributed by atoms with van der Waals surface area (Å²) in [5.41, 5.74) is 7.96. The molecular weight excluding hydrogens is 226 g/mol. The highest BCUT2D eigenvalue weighted by atomic mass is 16.2. The van der Waals surface area contributed by atoms with Gasteiger partial charge in [-0.25, -0.2) is 9.78 Å². The number of carbonyl (C=O) groups excluding carboxylic acids is 1. The van der Waals surface area contributed by atoms with E-state index >= 15 is 0 Å². The van der Waals surface area contributed by atoms with Crippen molar-refractivity contribution < 1.29 is 4.79 Å². The van der Waals surface area contributed by atoms with Crippen LogP contribution in [0.3, 0.4) is 0 Å². The van der Waals surface area contributed by atoms with Crippen LogP contribution in [0.25, 0.3) is 22.2 Å². The number of primary amides is 1. The SMILES string of the molecule is NC(=O)n1ccc2cc(-c3ccccc3)cnc21. The molecule has 0 aliphatic rings. The van der Waals surface area contributed by atoms with Gasteiger partial charge in [-0.3, -0.25) is 4.57 Å². The van der Waals surface area contributed by atoms with Gasteiger partial charge in [0.25, 0.3) is 0 Å². The second kappa shape index (κ2) is 4.00. The molecule has 88 valence electrons. The molecule has 0 unspecified atom stereocenters. The number of nitrogens with zero attached hydrogens (tertiary/aromatic N) is 2. The zero-order valence-corrected chi connectivity index (χ0v) is 9.58. The van der Waals surface area contributed by atoms with E-state index in [1.165, 1.54) is 4.57 Å². The third kappa shape index (κ3) is 1.64. The number of nitrogens with two attached hydrogens (primary N) is 1. The van der Waals surface area contributed by atoms with Gasteiger partial charge in [-0.15, -0.1) is 0 Å². The molecule has 0 saturated carbocycles. The van der Waals surface area contributed by atoms with Crippen LogP contribution in [-0.4, -0.2) is 15.6 Å². The number of rotatable bonds is 1. The minimum absolute atomic E-state index is 0.523. The first-order valence-electron chi connectivity index (χ1n) is 5.58. The number of pyridine rings is 1. The Morgan fingerprint density at radius 1 is 1.11 bits per heavy atom. The quantitative estimate of drug-likeness (QED) is 0.707. The van der Waals surface area contributed by atoms with Crippen molar-refractivity contribution in [2.45, 2.75) is 0 Å². The van der Waals surface area contributed by atoms with Crippen molar-refractivity contribution in [3.05, 3.63) is 54.9 Å². The van der Waals surface area contributed by atoms with Gasteiger partial charge in [-0.2, -0.15) is 0 Å². The summed E-state index contributed by atoms with van der Waals surface area (Å²) in [5.74, 6) is 0. The Morgan fingerprint density at radius 2 is 1.89 bits per heavy atom. The average Bonchev–Trinajstić information content (AvgIpc) is 2.82. The molecule has 2 heterocycles. The van der Waals surface area contributed by atoms with Gasteiger partial charge in [0, 0.05) is 23.3 Å². The molecule has 0 aliphatic carbocycles. The standard InChI is InChI=1S/C14H11N3O/c15-14(18)17-7-6-11-8-12(9-16-13(11)17)10-4-2-1-3-5-10/h1-9H,(H2,15,18). The first-order valence-corrected chi connectivity index (χ1v) is 5.58. The van der Waals surface area contributed by atoms with Crippen molar-refractivity contribution in [3.63, 3.8) is 0 Å². The predicted molar refractivity (Wildman–Crippen MR) is 70.2 cm³/mol. The fourth-order valence-electron chi connectivity index (χ4n) is 1.99. The molecule has 0 saturated heterocycles. The van der Waals surface area contributed by atoms with Crippen LogP contribution in [0.2, 0.25) is 0 Å². The van der Waals surface area contributed by atoms with E-state index in [-0.39, 0.29) is 0 Å². The van der Waals surface area contributed by atoms with Crippen molar-refractivity contribution in [2.24, 2.45) is 5.73 Å². The largest absolute Gasteiger partial charge is 0.351 e. The maximum absolute atomic E-state index is 11.2. The lowest BCUT2D eigenvalue weighted by molar-refractivity contribution is 0.251. The van der Waals surface area contributed by atoms with Crippen molar-refractivity contribution in [1.82, 2.24) is 9.55 Å². The maximum Gasteiger partial charge on any atom is 0.324 e. The summed E-state index contributed by atoms with van der Waals surface area (Å²) in [5, 5.41) is 0.898. The number of aromatic nitrogens is 2. The summed E-state index contributed by atoms with van der Waals surface area (Å²) in [6.45, 7) is 0. The van der Waals surface area contributed by atoms with Gasteiger partial charge in [0.1, 0.15) is 5.65 Å². The van der Waals surface area contributed by atoms with Gasteiger partial charge in [0.2, 0.25) is 0 Å². The summed E-state index contributed by atoms with van der Waals surface area (Å²) >= 11 is 0. The minimum atomic E-state index is -0.523. The van der Waals surface area contributed by atoms with Gasteiger partial charge < -0.3 is 5.73 Å². The van der Waals surface area contributed by atoms with Crippen LogP contribution in [0.4, 0.5) is 4.79 Å². The van der Waals surface area contributed by atoms with Crippen LogP contribution in [0, 0.1) is 0 Å². The van der Waals surface area contributed by atoms with E-state index in [2.05, 4.69) is 4.98 Å². The molecule has 2 N–H and O–H groups in total. The summed E-state index contributed by atoms with van der Waals surface area (Å²) in [7, 11) is 0. The molecule has 1 amide bonds. The highest BCUT2D eigenvalue weighted by molar-refractivity contribution is 5.90. The van der Waals surface area contributed by atoms with E-state index in [1.54, 1.807) is 12.4 Å². The van der Waals surface area contributed by atoms with Gasteiger partial charge in [0.15, 0.2) is 0 Å². The molecule has 4 nitrogen and oxygen atoms in total. The Kier molecular flexibility index (Phi) is 2.34. The second-order valence-electron chi connectivity index (χ2n) is 4.03. The zero-order valence-electron chi connectivity index (χ0n) is 9.58. The summed E-state index contributed by atoms with van der Waals surface area (Å²) in [4.78, 5) is 15.5. The van der Waals surface area contributed by atoms with Gasteiger partial charge in [-0.05, 0) is 17.7 Å². The number of benzene rings is 1. The third-order valence-corrected chi connectivity index (χ3v) is 2.87. The Hall–Kier alpha value is -2.62. The van der Waals surface area contributed by atoms with Gasteiger partial charge in [-0.1, -0.05) is 30.3 Å². The first-order chi connectivity index (χ1) is 8.75. The molecule has 0 bridgehead atoms. The van der Waals surface area contributed by atoms with Crippen molar-refractivity contribution in [2.75, 3.05) is 0 Å². The van der Waals surface area contributed by atoms with Crippen LogP contribution in [0.15, 0.2) is 54.9 Å². The number of hydrogen-bond donors (Lipinski definition) is 1. The molecule has 1 aromatic carbocycles. The molecule has 0 atom stereocenters. The fraction of sp³-hybridized carbons (Fsp3) is 0. The topological polar surface area (TPSA) is 60.9 Å². The highest BCUT2D eigenvalue weighted by Crippen LogP contribution is 2.22. The normalized spacial score (nSPS) is 10.7. The van der Waals surface area contributed by atoms with Crippen molar-refractivity contribution >= 4 is 17.1 Å². The first kappa shape index (κ1) is 10.5. The van der Waals surface area contributed by atoms with Crippen LogP contribution >= 0.6 is 0 Å². The number of fused-ring (bicyclic) bond motifs is 1. The second-order valence-corrected chi connectivity index (χ2v) is 4.03. The fourth-order valence-corrected chi connectivity index (χ4v) is 1.99. The molecule has 3 aromatic rings. The Balaban J connectivity index is 2.16. The van der Waals surface area contributed by atoms with Gasteiger partial charge in [0.05, 0.1) is 0 Å². The van der Waals surface area contributed by atoms with Crippen LogP contribution in [-0.2, 0) is 0 Å². The summed E-state index contributed by atoms with van der Waals surface area (Å²) in [6, 6.07) is 13.3. The maximum atomic E-state index is 11.2. The predicted octanol–water partition coefficient (Wildman–Crippen LogP) is 2.63. The lowest BCUT2D eigenvalue weighted by atomic mass is 10.1. The molecule has 0 radical (unpaired) electrons. The lowest BCUT2D eigenvalue weighted by Gasteiger charge is -2.02. The number of amides is 1. The third-order valence-electron chi connectivity index (χ3n) is 2.87. The van der Waals surface area contributed by atoms with E-state index in [4.69, 9.17) is 5.73 Å². The smallest absolute Gasteiger partial charge is 0.324 e. The molecule has 3 rings (SSSR count). The Labute approximate surface area is 104 Å². The number of carbonyl (C=O) groups is 1. The molecule has 0 spiro atoms. The highest BCUT2D eigenvalue weighted by Gasteiger charge is 2.07. The van der Waals surface area contributed by atoms with E-state index in [0.29, 0.717) is 5.65 Å². The number of hydrogen-bond acceptors (Lipinski definition) is 2. The van der Waals surface area contributed by atoms with E-state index < -0.39 is 6.03 Å². The molecular formula is C14H11N3O.